The molecule has 0 fully saturated rings. The van der Waals surface area contributed by atoms with Crippen molar-refractivity contribution < 1.29 is 14.3 Å². The Bertz CT molecular complexity index is 839. The molecule has 106 valence electrons. The fourth-order valence-electron chi connectivity index (χ4n) is 2.44. The van der Waals surface area contributed by atoms with Gasteiger partial charge in [-0.2, -0.15) is 0 Å². The summed E-state index contributed by atoms with van der Waals surface area (Å²) in [5.41, 5.74) is 2.61. The first-order valence-corrected chi connectivity index (χ1v) is 6.49. The van der Waals surface area contributed by atoms with E-state index in [0.717, 1.165) is 11.3 Å². The van der Waals surface area contributed by atoms with Crippen molar-refractivity contribution in [3.8, 4) is 0 Å². The molecule has 0 radical (unpaired) electrons. The molecule has 0 unspecified atom stereocenters. The molecule has 0 bridgehead atoms. The van der Waals surface area contributed by atoms with Gasteiger partial charge in [-0.1, -0.05) is 6.07 Å². The Labute approximate surface area is 120 Å². The third kappa shape index (κ3) is 2.38. The van der Waals surface area contributed by atoms with Gasteiger partial charge in [0.25, 0.3) is 0 Å². The van der Waals surface area contributed by atoms with E-state index in [9.17, 15) is 14.3 Å². The van der Waals surface area contributed by atoms with Crippen LogP contribution in [0.3, 0.4) is 0 Å². The third-order valence-corrected chi connectivity index (χ3v) is 3.53. The predicted octanol–water partition coefficient (Wildman–Crippen LogP) is 3.23. The molecule has 2 aromatic heterocycles. The zero-order valence-electron chi connectivity index (χ0n) is 11.4. The summed E-state index contributed by atoms with van der Waals surface area (Å²) in [5.74, 6) is -1.41. The smallest absolute Gasteiger partial charge is 0.352 e. The van der Waals surface area contributed by atoms with E-state index in [1.807, 2.05) is 19.1 Å². The van der Waals surface area contributed by atoms with Gasteiger partial charge in [0, 0.05) is 22.8 Å². The molecule has 3 aromatic rings. The van der Waals surface area contributed by atoms with Crippen molar-refractivity contribution in [2.45, 2.75) is 13.5 Å². The van der Waals surface area contributed by atoms with Crippen LogP contribution < -0.4 is 0 Å². The lowest BCUT2D eigenvalue weighted by Gasteiger charge is -2.10. The lowest BCUT2D eigenvalue weighted by atomic mass is 10.2. The van der Waals surface area contributed by atoms with Crippen molar-refractivity contribution in [2.24, 2.45) is 0 Å². The quantitative estimate of drug-likeness (QED) is 0.803. The molecule has 4 nitrogen and oxygen atoms in total. The highest BCUT2D eigenvalue weighted by Gasteiger charge is 2.16. The second-order valence-corrected chi connectivity index (χ2v) is 4.87. The summed E-state index contributed by atoms with van der Waals surface area (Å²) in [6, 6.07) is 9.49. The maximum absolute atomic E-state index is 13.3. The zero-order valence-corrected chi connectivity index (χ0v) is 11.4. The number of hydrogen-bond donors (Lipinski definition) is 1. The number of carboxylic acids is 1. The van der Waals surface area contributed by atoms with E-state index in [1.54, 1.807) is 16.8 Å². The Morgan fingerprint density at radius 1 is 1.33 bits per heavy atom. The van der Waals surface area contributed by atoms with Gasteiger partial charge in [-0.25, -0.2) is 9.18 Å². The summed E-state index contributed by atoms with van der Waals surface area (Å²) in [5, 5.41) is 9.93. The molecule has 5 heteroatoms. The van der Waals surface area contributed by atoms with Gasteiger partial charge in [0.2, 0.25) is 0 Å². The average Bonchev–Trinajstić information content (AvgIpc) is 2.79. The SMILES string of the molecule is Cc1ncccc1Cn1c(C(=O)O)cc2cc(F)ccc21. The van der Waals surface area contributed by atoms with Crippen molar-refractivity contribution in [1.82, 2.24) is 9.55 Å². The van der Waals surface area contributed by atoms with Gasteiger partial charge in [-0.3, -0.25) is 4.98 Å². The first-order chi connectivity index (χ1) is 10.1. The standard InChI is InChI=1S/C16H13FN2O2/c1-10-11(3-2-6-18-10)9-19-14-5-4-13(17)7-12(14)8-15(19)16(20)21/h2-8H,9H2,1H3,(H,20,21). The van der Waals surface area contributed by atoms with Crippen LogP contribution in [0.25, 0.3) is 10.9 Å². The molecule has 1 N–H and O–H groups in total. The average molecular weight is 284 g/mol. The van der Waals surface area contributed by atoms with Crippen LogP contribution in [0.4, 0.5) is 4.39 Å². The van der Waals surface area contributed by atoms with Crippen LogP contribution in [0.1, 0.15) is 21.7 Å². The Kier molecular flexibility index (Phi) is 3.17. The van der Waals surface area contributed by atoms with Crippen LogP contribution in [0.5, 0.6) is 0 Å². The van der Waals surface area contributed by atoms with Gasteiger partial charge < -0.3 is 9.67 Å². The molecular weight excluding hydrogens is 271 g/mol. The summed E-state index contributed by atoms with van der Waals surface area (Å²) >= 11 is 0. The number of aromatic carboxylic acids is 1. The summed E-state index contributed by atoms with van der Waals surface area (Å²) in [4.78, 5) is 15.6. The van der Waals surface area contributed by atoms with Gasteiger partial charge >= 0.3 is 5.97 Å². The van der Waals surface area contributed by atoms with Gasteiger partial charge in [0.15, 0.2) is 0 Å². The number of carbonyl (C=O) groups is 1. The van der Waals surface area contributed by atoms with E-state index in [2.05, 4.69) is 4.98 Å². The number of fused-ring (bicyclic) bond motifs is 1. The normalized spacial score (nSPS) is 11.0. The molecule has 0 saturated carbocycles. The fourth-order valence-corrected chi connectivity index (χ4v) is 2.44. The Hall–Kier alpha value is -2.69. The molecule has 0 aliphatic carbocycles. The first-order valence-electron chi connectivity index (χ1n) is 6.49. The van der Waals surface area contributed by atoms with E-state index < -0.39 is 5.97 Å². The topological polar surface area (TPSA) is 55.1 Å². The first kappa shape index (κ1) is 13.3. The van der Waals surface area contributed by atoms with E-state index >= 15 is 0 Å². The van der Waals surface area contributed by atoms with Gasteiger partial charge in [0.05, 0.1) is 6.54 Å². The summed E-state index contributed by atoms with van der Waals surface area (Å²) in [6.45, 7) is 2.26. The predicted molar refractivity (Wildman–Crippen MR) is 76.9 cm³/mol. The number of aromatic nitrogens is 2. The number of halogens is 1. The number of benzene rings is 1. The second kappa shape index (κ2) is 5.01. The molecule has 0 aliphatic heterocycles. The van der Waals surface area contributed by atoms with Crippen LogP contribution >= 0.6 is 0 Å². The van der Waals surface area contributed by atoms with Crippen LogP contribution in [-0.4, -0.2) is 20.6 Å². The fraction of sp³-hybridized carbons (Fsp3) is 0.125. The minimum absolute atomic E-state index is 0.138. The Morgan fingerprint density at radius 2 is 2.14 bits per heavy atom. The van der Waals surface area contributed by atoms with Crippen LogP contribution in [0.2, 0.25) is 0 Å². The highest BCUT2D eigenvalue weighted by Crippen LogP contribution is 2.23. The van der Waals surface area contributed by atoms with Gasteiger partial charge in [-0.15, -0.1) is 0 Å². The minimum atomic E-state index is -1.03. The maximum Gasteiger partial charge on any atom is 0.352 e. The molecule has 2 heterocycles. The molecule has 0 amide bonds. The molecule has 0 aliphatic rings. The second-order valence-electron chi connectivity index (χ2n) is 4.87. The highest BCUT2D eigenvalue weighted by molar-refractivity contribution is 5.94. The number of pyridine rings is 1. The summed E-state index contributed by atoms with van der Waals surface area (Å²) in [6.07, 6.45) is 1.69. The van der Waals surface area contributed by atoms with Crippen molar-refractivity contribution in [3.05, 3.63) is 65.4 Å². The lowest BCUT2D eigenvalue weighted by Crippen LogP contribution is -2.10. The van der Waals surface area contributed by atoms with Crippen LogP contribution in [0, 0.1) is 12.7 Å². The van der Waals surface area contributed by atoms with Crippen molar-refractivity contribution in [2.75, 3.05) is 0 Å². The van der Waals surface area contributed by atoms with Crippen LogP contribution in [0.15, 0.2) is 42.6 Å². The molecule has 0 saturated heterocycles. The van der Waals surface area contributed by atoms with E-state index in [0.29, 0.717) is 17.4 Å². The van der Waals surface area contributed by atoms with Crippen LogP contribution in [-0.2, 0) is 6.54 Å². The molecule has 1 aromatic carbocycles. The molecular formula is C16H13FN2O2. The number of hydrogen-bond acceptors (Lipinski definition) is 2. The number of aryl methyl sites for hydroxylation is 1. The molecule has 0 spiro atoms. The van der Waals surface area contributed by atoms with Crippen molar-refractivity contribution in [3.63, 3.8) is 0 Å². The number of nitrogens with zero attached hydrogens (tertiary/aromatic N) is 2. The van der Waals surface area contributed by atoms with Gasteiger partial charge in [-0.05, 0) is 42.8 Å². The highest BCUT2D eigenvalue weighted by atomic mass is 19.1. The third-order valence-electron chi connectivity index (χ3n) is 3.53. The van der Waals surface area contributed by atoms with Gasteiger partial charge in [0.1, 0.15) is 11.5 Å². The molecule has 21 heavy (non-hydrogen) atoms. The molecule has 3 rings (SSSR count). The summed E-state index contributed by atoms with van der Waals surface area (Å²) < 4.78 is 15.0. The largest absolute Gasteiger partial charge is 0.477 e. The Balaban J connectivity index is 2.18. The number of rotatable bonds is 3. The van der Waals surface area contributed by atoms with E-state index in [4.69, 9.17) is 0 Å². The minimum Gasteiger partial charge on any atom is -0.477 e. The lowest BCUT2D eigenvalue weighted by molar-refractivity contribution is 0.0686. The van der Waals surface area contributed by atoms with E-state index in [-0.39, 0.29) is 11.5 Å². The van der Waals surface area contributed by atoms with Crippen molar-refractivity contribution in [1.29, 1.82) is 0 Å². The van der Waals surface area contributed by atoms with E-state index in [1.165, 1.54) is 18.2 Å². The zero-order chi connectivity index (χ0) is 15.0. The maximum atomic E-state index is 13.3. The summed E-state index contributed by atoms with van der Waals surface area (Å²) in [7, 11) is 0. The monoisotopic (exact) mass is 284 g/mol. The number of carboxylic acid groups (broad SMARTS) is 1. The molecule has 0 atom stereocenters. The Morgan fingerprint density at radius 3 is 2.86 bits per heavy atom. The van der Waals surface area contributed by atoms with Crippen molar-refractivity contribution >= 4 is 16.9 Å².